The van der Waals surface area contributed by atoms with Crippen molar-refractivity contribution in [2.24, 2.45) is 11.8 Å². The highest BCUT2D eigenvalue weighted by Gasteiger charge is 2.27. The number of nitrogens with one attached hydrogen (secondary N) is 1. The van der Waals surface area contributed by atoms with Crippen molar-refractivity contribution in [1.82, 2.24) is 5.32 Å². The second-order valence-electron chi connectivity index (χ2n) is 4.94. The first kappa shape index (κ1) is 12.5. The van der Waals surface area contributed by atoms with Crippen LogP contribution in [0.3, 0.4) is 0 Å². The molecule has 0 aromatic heterocycles. The lowest BCUT2D eigenvalue weighted by atomic mass is 9.76. The third kappa shape index (κ3) is 3.49. The molecule has 1 fully saturated rings. The molecule has 0 aromatic carbocycles. The van der Waals surface area contributed by atoms with Gasteiger partial charge < -0.3 is 10.4 Å². The van der Waals surface area contributed by atoms with Gasteiger partial charge in [-0.3, -0.25) is 4.79 Å². The zero-order chi connectivity index (χ0) is 11.4. The lowest BCUT2D eigenvalue weighted by Crippen LogP contribution is -2.45. The Morgan fingerprint density at radius 2 is 1.93 bits per heavy atom. The van der Waals surface area contributed by atoms with Crippen LogP contribution in [0.4, 0.5) is 0 Å². The molecule has 0 radical (unpaired) electrons. The molecule has 15 heavy (non-hydrogen) atoms. The van der Waals surface area contributed by atoms with Gasteiger partial charge in [-0.25, -0.2) is 0 Å². The highest BCUT2D eigenvalue weighted by molar-refractivity contribution is 5.72. The smallest absolute Gasteiger partial charge is 0.320 e. The van der Waals surface area contributed by atoms with E-state index in [0.29, 0.717) is 12.0 Å². The van der Waals surface area contributed by atoms with E-state index < -0.39 is 12.0 Å². The first-order valence-electron chi connectivity index (χ1n) is 6.01. The molecule has 3 nitrogen and oxygen atoms in total. The Morgan fingerprint density at radius 3 is 2.47 bits per heavy atom. The number of carboxylic acids is 1. The summed E-state index contributed by atoms with van der Waals surface area (Å²) in [4.78, 5) is 10.7. The van der Waals surface area contributed by atoms with E-state index in [4.69, 9.17) is 5.11 Å². The molecule has 2 N–H and O–H groups in total. The number of aliphatic carboxylic acids is 1. The van der Waals surface area contributed by atoms with Gasteiger partial charge in [0.2, 0.25) is 0 Å². The molecule has 0 aromatic rings. The molecular weight excluding hydrogens is 190 g/mol. The van der Waals surface area contributed by atoms with E-state index in [2.05, 4.69) is 19.2 Å². The third-order valence-corrected chi connectivity index (χ3v) is 3.70. The van der Waals surface area contributed by atoms with Crippen LogP contribution in [0.5, 0.6) is 0 Å². The van der Waals surface area contributed by atoms with Gasteiger partial charge in [0.25, 0.3) is 0 Å². The Hall–Kier alpha value is -0.570. The number of carboxylic acid groups (broad SMARTS) is 1. The predicted octanol–water partition coefficient (Wildman–Crippen LogP) is 2.26. The van der Waals surface area contributed by atoms with E-state index in [1.165, 1.54) is 25.7 Å². The largest absolute Gasteiger partial charge is 0.480 e. The highest BCUT2D eigenvalue weighted by Crippen LogP contribution is 2.31. The van der Waals surface area contributed by atoms with Crippen LogP contribution in [0, 0.1) is 11.8 Å². The van der Waals surface area contributed by atoms with Gasteiger partial charge in [0.05, 0.1) is 0 Å². The van der Waals surface area contributed by atoms with Gasteiger partial charge in [0, 0.05) is 6.04 Å². The minimum Gasteiger partial charge on any atom is -0.480 e. The van der Waals surface area contributed by atoms with Crippen molar-refractivity contribution in [2.45, 2.75) is 58.5 Å². The van der Waals surface area contributed by atoms with E-state index in [0.717, 1.165) is 5.92 Å². The van der Waals surface area contributed by atoms with Crippen molar-refractivity contribution < 1.29 is 9.90 Å². The van der Waals surface area contributed by atoms with Crippen LogP contribution in [-0.2, 0) is 4.79 Å². The van der Waals surface area contributed by atoms with Gasteiger partial charge >= 0.3 is 5.97 Å². The molecule has 0 heterocycles. The SMILES string of the molecule is CC(NC(C)C1CCCCC1C)C(=O)O. The van der Waals surface area contributed by atoms with Crippen molar-refractivity contribution in [3.63, 3.8) is 0 Å². The summed E-state index contributed by atoms with van der Waals surface area (Å²) >= 11 is 0. The van der Waals surface area contributed by atoms with Crippen LogP contribution in [0.15, 0.2) is 0 Å². The first-order chi connectivity index (χ1) is 7.02. The fraction of sp³-hybridized carbons (Fsp3) is 0.917. The average Bonchev–Trinajstić information content (AvgIpc) is 2.18. The monoisotopic (exact) mass is 213 g/mol. The molecule has 1 aliphatic carbocycles. The predicted molar refractivity (Wildman–Crippen MR) is 60.8 cm³/mol. The maximum Gasteiger partial charge on any atom is 0.320 e. The second kappa shape index (κ2) is 5.50. The summed E-state index contributed by atoms with van der Waals surface area (Å²) in [5.74, 6) is 0.605. The van der Waals surface area contributed by atoms with Crippen LogP contribution in [0.25, 0.3) is 0 Å². The summed E-state index contributed by atoms with van der Waals surface area (Å²) in [6, 6.07) is -0.125. The summed E-state index contributed by atoms with van der Waals surface area (Å²) in [5, 5.41) is 12.0. The van der Waals surface area contributed by atoms with Crippen molar-refractivity contribution in [1.29, 1.82) is 0 Å². The van der Waals surface area contributed by atoms with Gasteiger partial charge in [-0.2, -0.15) is 0 Å². The Kier molecular flexibility index (Phi) is 4.58. The normalized spacial score (nSPS) is 30.9. The van der Waals surface area contributed by atoms with Gasteiger partial charge in [-0.15, -0.1) is 0 Å². The van der Waals surface area contributed by atoms with Gasteiger partial charge in [-0.1, -0.05) is 26.2 Å². The minimum atomic E-state index is -0.759. The Bertz CT molecular complexity index is 218. The van der Waals surface area contributed by atoms with E-state index >= 15 is 0 Å². The van der Waals surface area contributed by atoms with Crippen LogP contribution in [-0.4, -0.2) is 23.2 Å². The number of rotatable bonds is 4. The Labute approximate surface area is 92.3 Å². The molecule has 4 atom stereocenters. The van der Waals surface area contributed by atoms with E-state index in [1.807, 2.05) is 0 Å². The quantitative estimate of drug-likeness (QED) is 0.753. The fourth-order valence-corrected chi connectivity index (χ4v) is 2.68. The molecule has 1 aliphatic rings. The van der Waals surface area contributed by atoms with Gasteiger partial charge in [-0.05, 0) is 32.1 Å². The molecule has 0 bridgehead atoms. The maximum absolute atomic E-state index is 10.7. The van der Waals surface area contributed by atoms with E-state index in [1.54, 1.807) is 6.92 Å². The van der Waals surface area contributed by atoms with Gasteiger partial charge in [0.1, 0.15) is 6.04 Å². The molecule has 0 amide bonds. The lowest BCUT2D eigenvalue weighted by molar-refractivity contribution is -0.139. The Balaban J connectivity index is 2.44. The van der Waals surface area contributed by atoms with Crippen LogP contribution in [0.2, 0.25) is 0 Å². The van der Waals surface area contributed by atoms with E-state index in [-0.39, 0.29) is 0 Å². The zero-order valence-electron chi connectivity index (χ0n) is 9.99. The molecule has 3 heteroatoms. The molecule has 0 aliphatic heterocycles. The van der Waals surface area contributed by atoms with Gasteiger partial charge in [0.15, 0.2) is 0 Å². The van der Waals surface area contributed by atoms with Crippen molar-refractivity contribution in [3.05, 3.63) is 0 Å². The molecular formula is C12H23NO2. The van der Waals surface area contributed by atoms with Crippen LogP contribution >= 0.6 is 0 Å². The molecule has 1 rings (SSSR count). The topological polar surface area (TPSA) is 49.3 Å². The maximum atomic E-state index is 10.7. The van der Waals surface area contributed by atoms with E-state index in [9.17, 15) is 4.79 Å². The molecule has 1 saturated carbocycles. The van der Waals surface area contributed by atoms with Crippen LogP contribution in [0.1, 0.15) is 46.5 Å². The fourth-order valence-electron chi connectivity index (χ4n) is 2.68. The Morgan fingerprint density at radius 1 is 1.33 bits per heavy atom. The zero-order valence-corrected chi connectivity index (χ0v) is 9.99. The second-order valence-corrected chi connectivity index (χ2v) is 4.94. The summed E-state index contributed by atoms with van der Waals surface area (Å²) in [7, 11) is 0. The molecule has 4 unspecified atom stereocenters. The first-order valence-corrected chi connectivity index (χ1v) is 6.01. The summed E-state index contributed by atoms with van der Waals surface area (Å²) in [6.45, 7) is 6.12. The summed E-state index contributed by atoms with van der Waals surface area (Å²) < 4.78 is 0. The van der Waals surface area contributed by atoms with Crippen molar-refractivity contribution in [3.8, 4) is 0 Å². The number of carbonyl (C=O) groups is 1. The minimum absolute atomic E-state index is 0.311. The van der Waals surface area contributed by atoms with Crippen molar-refractivity contribution >= 4 is 5.97 Å². The molecule has 0 spiro atoms. The molecule has 0 saturated heterocycles. The number of hydrogen-bond donors (Lipinski definition) is 2. The standard InChI is InChI=1S/C12H23NO2/c1-8-6-4-5-7-11(8)9(2)13-10(3)12(14)15/h8-11,13H,4-7H2,1-3H3,(H,14,15). The lowest BCUT2D eigenvalue weighted by Gasteiger charge is -2.34. The highest BCUT2D eigenvalue weighted by atomic mass is 16.4. The number of hydrogen-bond acceptors (Lipinski definition) is 2. The van der Waals surface area contributed by atoms with Crippen molar-refractivity contribution in [2.75, 3.05) is 0 Å². The average molecular weight is 213 g/mol. The summed E-state index contributed by atoms with van der Waals surface area (Å²) in [5.41, 5.74) is 0. The molecule has 88 valence electrons. The third-order valence-electron chi connectivity index (χ3n) is 3.70. The summed E-state index contributed by atoms with van der Waals surface area (Å²) in [6.07, 6.45) is 5.15. The van der Waals surface area contributed by atoms with Crippen LogP contribution < -0.4 is 5.32 Å².